The number of benzene rings is 5. The molecular weight excluding hydrogens is 701 g/mol. The fourth-order valence-electron chi connectivity index (χ4n) is 12.6. The number of hydrogen-bond donors (Lipinski definition) is 0. The van der Waals surface area contributed by atoms with Gasteiger partial charge in [-0.1, -0.05) is 148 Å². The van der Waals surface area contributed by atoms with E-state index in [4.69, 9.17) is 0 Å². The lowest BCUT2D eigenvalue weighted by Gasteiger charge is -2.33. The lowest BCUT2D eigenvalue weighted by Crippen LogP contribution is -2.29. The van der Waals surface area contributed by atoms with Crippen LogP contribution in [0.15, 0.2) is 121 Å². The predicted octanol–water partition coefficient (Wildman–Crippen LogP) is 14.2. The highest BCUT2D eigenvalue weighted by Crippen LogP contribution is 2.59. The molecule has 4 aliphatic carbocycles. The van der Waals surface area contributed by atoms with Crippen molar-refractivity contribution in [2.45, 2.75) is 108 Å². The maximum Gasteiger partial charge on any atom is 0.0443 e. The maximum atomic E-state index is 2.59. The molecule has 11 rings (SSSR count). The molecule has 2 fully saturated rings. The highest BCUT2D eigenvalue weighted by molar-refractivity contribution is 5.89. The van der Waals surface area contributed by atoms with E-state index in [1.54, 1.807) is 22.3 Å². The Hall–Kier alpha value is -5.08. The molecule has 5 aromatic rings. The van der Waals surface area contributed by atoms with Gasteiger partial charge in [-0.15, -0.1) is 0 Å². The molecule has 58 heavy (non-hydrogen) atoms. The van der Waals surface area contributed by atoms with Gasteiger partial charge in [-0.3, -0.25) is 0 Å². The minimum Gasteiger partial charge on any atom is -0.368 e. The fraction of sp³-hybridized carbons (Fsp3) is 0.357. The quantitative estimate of drug-likeness (QED) is 0.145. The van der Waals surface area contributed by atoms with E-state index >= 15 is 0 Å². The molecular formula is C56H58N2. The molecule has 0 unspecified atom stereocenters. The Morgan fingerprint density at radius 3 is 1.86 bits per heavy atom. The van der Waals surface area contributed by atoms with Crippen molar-refractivity contribution in [3.05, 3.63) is 165 Å². The maximum absolute atomic E-state index is 2.59. The van der Waals surface area contributed by atoms with Crippen LogP contribution in [0.25, 0.3) is 28.9 Å². The average molecular weight is 759 g/mol. The molecule has 0 aromatic heterocycles. The van der Waals surface area contributed by atoms with Crippen molar-refractivity contribution in [1.29, 1.82) is 0 Å². The molecule has 2 nitrogen and oxygen atoms in total. The highest BCUT2D eigenvalue weighted by Gasteiger charge is 2.47. The highest BCUT2D eigenvalue weighted by atomic mass is 15.1. The van der Waals surface area contributed by atoms with E-state index < -0.39 is 0 Å². The van der Waals surface area contributed by atoms with Crippen molar-refractivity contribution >= 4 is 34.8 Å². The second kappa shape index (κ2) is 14.6. The van der Waals surface area contributed by atoms with Crippen LogP contribution >= 0.6 is 0 Å². The van der Waals surface area contributed by atoms with Crippen LogP contribution in [0.5, 0.6) is 0 Å². The summed E-state index contributed by atoms with van der Waals surface area (Å²) in [5.74, 6) is 0. The minimum absolute atomic E-state index is 0.130. The van der Waals surface area contributed by atoms with Gasteiger partial charge in [0.05, 0.1) is 0 Å². The van der Waals surface area contributed by atoms with Gasteiger partial charge >= 0.3 is 0 Å². The summed E-state index contributed by atoms with van der Waals surface area (Å²) in [5, 5.41) is 0. The van der Waals surface area contributed by atoms with Crippen LogP contribution in [-0.4, -0.2) is 19.6 Å². The molecule has 0 N–H and O–H groups in total. The van der Waals surface area contributed by atoms with Crippen molar-refractivity contribution in [1.82, 2.24) is 0 Å². The van der Waals surface area contributed by atoms with E-state index in [0.29, 0.717) is 0 Å². The average Bonchev–Trinajstić information content (AvgIpc) is 4.07. The molecule has 6 aliphatic rings. The first-order valence-electron chi connectivity index (χ1n) is 22.9. The van der Waals surface area contributed by atoms with E-state index in [9.17, 15) is 0 Å². The zero-order valence-corrected chi connectivity index (χ0v) is 34.5. The molecule has 0 amide bonds. The monoisotopic (exact) mass is 758 g/mol. The van der Waals surface area contributed by atoms with E-state index in [1.165, 1.54) is 151 Å². The Balaban J connectivity index is 0.892. The number of anilines is 3. The molecule has 0 saturated heterocycles. The molecule has 2 aliphatic heterocycles. The molecule has 2 heteroatoms. The minimum atomic E-state index is 0.130. The standard InChI is InChI=1S/C56H58N2/c1-2-14-49-45(19-13-35-57-34-11-17-42-15-3-5-20-53(42)57)46-27-24-40(37-50(46)55(49)30-7-8-31-55)22-23-41-25-28-47-48-29-26-44(58-36-12-18-43-16-4-6-21-54(43)58)39-52(48)56(51(47)38-41)32-9-10-33-56/h3-6,13,15-16,19-29,37-39H,2,7-12,14,17-18,30-36H2,1H3. The van der Waals surface area contributed by atoms with Gasteiger partial charge in [0, 0.05) is 47.5 Å². The third-order valence-electron chi connectivity index (χ3n) is 15.2. The molecule has 2 saturated carbocycles. The van der Waals surface area contributed by atoms with Crippen molar-refractivity contribution < 1.29 is 0 Å². The molecule has 2 spiro atoms. The summed E-state index contributed by atoms with van der Waals surface area (Å²) in [5.41, 5.74) is 22.5. The van der Waals surface area contributed by atoms with Gasteiger partial charge in [0.15, 0.2) is 0 Å². The summed E-state index contributed by atoms with van der Waals surface area (Å²) < 4.78 is 0. The van der Waals surface area contributed by atoms with Crippen LogP contribution in [0.3, 0.4) is 0 Å². The van der Waals surface area contributed by atoms with Gasteiger partial charge < -0.3 is 9.80 Å². The van der Waals surface area contributed by atoms with Gasteiger partial charge in [0.1, 0.15) is 0 Å². The van der Waals surface area contributed by atoms with E-state index in [1.807, 2.05) is 0 Å². The van der Waals surface area contributed by atoms with Gasteiger partial charge in [-0.2, -0.15) is 0 Å². The van der Waals surface area contributed by atoms with Gasteiger partial charge in [-0.05, 0) is 143 Å². The number of fused-ring (bicyclic) bond motifs is 9. The first-order chi connectivity index (χ1) is 28.6. The molecule has 2 heterocycles. The molecule has 0 radical (unpaired) electrons. The summed E-state index contributed by atoms with van der Waals surface area (Å²) in [6.45, 7) is 5.59. The SMILES string of the molecule is CCCC1=C(C=CCN2CCCc3ccccc32)c2ccc(C=Cc3ccc4c(c3)C3(CCCC3)c3cc(N5CCCc6ccccc65)ccc3-4)cc2C12CCCC2. The van der Waals surface area contributed by atoms with Crippen LogP contribution in [0.1, 0.15) is 128 Å². The Morgan fingerprint density at radius 1 is 0.552 bits per heavy atom. The van der Waals surface area contributed by atoms with Crippen molar-refractivity contribution in [2.75, 3.05) is 29.4 Å². The Kier molecular flexibility index (Phi) is 9.09. The summed E-state index contributed by atoms with van der Waals surface area (Å²) in [6, 6.07) is 40.3. The van der Waals surface area contributed by atoms with Crippen molar-refractivity contribution in [2.24, 2.45) is 0 Å². The Bertz CT molecular complexity index is 2480. The van der Waals surface area contributed by atoms with Crippen LogP contribution < -0.4 is 9.80 Å². The third kappa shape index (κ3) is 5.80. The van der Waals surface area contributed by atoms with Crippen molar-refractivity contribution in [3.63, 3.8) is 0 Å². The Morgan fingerprint density at radius 2 is 1.14 bits per heavy atom. The second-order valence-electron chi connectivity index (χ2n) is 18.4. The van der Waals surface area contributed by atoms with Crippen LogP contribution in [0.4, 0.5) is 17.1 Å². The van der Waals surface area contributed by atoms with Gasteiger partial charge in [-0.25, -0.2) is 0 Å². The number of nitrogens with zero attached hydrogens (tertiary/aromatic N) is 2. The molecule has 0 atom stereocenters. The smallest absolute Gasteiger partial charge is 0.0443 e. The molecule has 5 aromatic carbocycles. The lowest BCUT2D eigenvalue weighted by molar-refractivity contribution is 0.511. The summed E-state index contributed by atoms with van der Waals surface area (Å²) in [7, 11) is 0. The third-order valence-corrected chi connectivity index (χ3v) is 15.2. The van der Waals surface area contributed by atoms with Crippen LogP contribution in [0, 0.1) is 0 Å². The molecule has 0 bridgehead atoms. The van der Waals surface area contributed by atoms with Gasteiger partial charge in [0.2, 0.25) is 0 Å². The summed E-state index contributed by atoms with van der Waals surface area (Å²) >= 11 is 0. The van der Waals surface area contributed by atoms with Crippen LogP contribution in [-0.2, 0) is 23.7 Å². The summed E-state index contributed by atoms with van der Waals surface area (Å²) in [4.78, 5) is 5.17. The number of hydrogen-bond acceptors (Lipinski definition) is 2. The first-order valence-corrected chi connectivity index (χ1v) is 22.9. The van der Waals surface area contributed by atoms with Crippen LogP contribution in [0.2, 0.25) is 0 Å². The largest absolute Gasteiger partial charge is 0.368 e. The predicted molar refractivity (Wildman–Crippen MR) is 246 cm³/mol. The molecule has 292 valence electrons. The number of aryl methyl sites for hydroxylation is 2. The fourth-order valence-corrected chi connectivity index (χ4v) is 12.6. The van der Waals surface area contributed by atoms with E-state index in [2.05, 4.69) is 144 Å². The normalized spacial score (nSPS) is 19.7. The zero-order valence-electron chi connectivity index (χ0n) is 34.5. The zero-order chi connectivity index (χ0) is 38.7. The lowest BCUT2D eigenvalue weighted by atomic mass is 9.74. The second-order valence-corrected chi connectivity index (χ2v) is 18.4. The first kappa shape index (κ1) is 36.0. The topological polar surface area (TPSA) is 6.48 Å². The van der Waals surface area contributed by atoms with Crippen molar-refractivity contribution in [3.8, 4) is 11.1 Å². The van der Waals surface area contributed by atoms with E-state index in [0.717, 1.165) is 19.6 Å². The number of allylic oxidation sites excluding steroid dienone is 3. The Labute approximate surface area is 347 Å². The number of rotatable bonds is 8. The number of para-hydroxylation sites is 2. The van der Waals surface area contributed by atoms with E-state index in [-0.39, 0.29) is 10.8 Å². The van der Waals surface area contributed by atoms with Gasteiger partial charge in [0.25, 0.3) is 0 Å². The summed E-state index contributed by atoms with van der Waals surface area (Å²) in [6.07, 6.45) is 27.4.